The number of hydrogen-bond donors (Lipinski definition) is 0. The molecular weight excluding hydrogens is 278 g/mol. The molecule has 0 atom stereocenters. The summed E-state index contributed by atoms with van der Waals surface area (Å²) >= 11 is 0. The Morgan fingerprint density at radius 3 is 1.74 bits per heavy atom. The van der Waals surface area contributed by atoms with E-state index in [-0.39, 0.29) is 0 Å². The van der Waals surface area contributed by atoms with Crippen LogP contribution in [0.5, 0.6) is 0 Å². The molecule has 0 heterocycles. The van der Waals surface area contributed by atoms with Gasteiger partial charge in [-0.3, -0.25) is 0 Å². The molecule has 1 nitrogen and oxygen atoms in total. The van der Waals surface area contributed by atoms with E-state index in [9.17, 15) is 0 Å². The van der Waals surface area contributed by atoms with Gasteiger partial charge in [0.25, 0.3) is 0 Å². The largest absolute Gasteiger partial charge is 0.348 e. The zero-order valence-electron chi connectivity index (χ0n) is 16.2. The highest BCUT2D eigenvalue weighted by Gasteiger charge is 2.11. The molecule has 23 heavy (non-hydrogen) atoms. The lowest BCUT2D eigenvalue weighted by atomic mass is 9.99. The third-order valence-corrected chi connectivity index (χ3v) is 4.02. The Labute approximate surface area is 143 Å². The van der Waals surface area contributed by atoms with Crippen molar-refractivity contribution in [1.82, 2.24) is 4.90 Å². The van der Waals surface area contributed by atoms with Crippen molar-refractivity contribution in [2.24, 2.45) is 0 Å². The number of nitrogens with zero attached hydrogens (tertiary/aromatic N) is 1. The van der Waals surface area contributed by atoms with Crippen LogP contribution in [-0.2, 0) is 0 Å². The monoisotopic (exact) mass is 311 g/mol. The zero-order valence-corrected chi connectivity index (χ0v) is 16.2. The molecule has 0 aromatic heterocycles. The van der Waals surface area contributed by atoms with Crippen molar-refractivity contribution in [2.75, 3.05) is 7.05 Å². The Hall–Kier alpha value is -2.02. The van der Waals surface area contributed by atoms with Gasteiger partial charge in [0.15, 0.2) is 0 Å². The van der Waals surface area contributed by atoms with E-state index in [1.54, 1.807) is 0 Å². The molecule has 0 fully saturated rings. The molecule has 0 aliphatic carbocycles. The van der Waals surface area contributed by atoms with Crippen LogP contribution < -0.4 is 0 Å². The van der Waals surface area contributed by atoms with Crippen molar-refractivity contribution >= 4 is 0 Å². The van der Waals surface area contributed by atoms with Crippen LogP contribution >= 0.6 is 0 Å². The van der Waals surface area contributed by atoms with E-state index in [0.717, 1.165) is 0 Å². The summed E-state index contributed by atoms with van der Waals surface area (Å²) in [6.07, 6.45) is 14.6. The van der Waals surface area contributed by atoms with E-state index < -0.39 is 0 Å². The number of hydrogen-bond acceptors (Lipinski definition) is 1. The van der Waals surface area contributed by atoms with Gasteiger partial charge in [-0.2, -0.15) is 0 Å². The maximum atomic E-state index is 3.91. The van der Waals surface area contributed by atoms with E-state index in [2.05, 4.69) is 89.6 Å². The summed E-state index contributed by atoms with van der Waals surface area (Å²) in [5.41, 5.74) is 7.37. The molecule has 0 unspecified atom stereocenters. The van der Waals surface area contributed by atoms with Crippen molar-refractivity contribution in [1.29, 1.82) is 0 Å². The van der Waals surface area contributed by atoms with Crippen molar-refractivity contribution < 1.29 is 0 Å². The van der Waals surface area contributed by atoms with Gasteiger partial charge in [0, 0.05) is 18.4 Å². The van der Waals surface area contributed by atoms with Crippen molar-refractivity contribution in [3.05, 3.63) is 82.8 Å². The third kappa shape index (κ3) is 5.94. The second-order valence-electron chi connectivity index (χ2n) is 5.64. The quantitative estimate of drug-likeness (QED) is 0.472. The highest BCUT2D eigenvalue weighted by Crippen LogP contribution is 2.25. The molecule has 126 valence electrons. The minimum atomic E-state index is 1.19. The molecule has 0 N–H and O–H groups in total. The SMILES string of the molecule is C=C/C(C)=C(\C=C/C)C(/C)=C(\C)N(C)C(/C=C\C)=C(C)/C=C\C. The molecule has 0 bridgehead atoms. The van der Waals surface area contributed by atoms with Crippen LogP contribution in [0.15, 0.2) is 82.8 Å². The molecule has 0 saturated heterocycles. The van der Waals surface area contributed by atoms with E-state index in [0.29, 0.717) is 0 Å². The summed E-state index contributed by atoms with van der Waals surface area (Å²) in [5.74, 6) is 0. The fraction of sp³-hybridized carbons (Fsp3) is 0.364. The summed E-state index contributed by atoms with van der Waals surface area (Å²) in [7, 11) is 2.12. The van der Waals surface area contributed by atoms with Crippen molar-refractivity contribution in [2.45, 2.75) is 48.5 Å². The lowest BCUT2D eigenvalue weighted by Gasteiger charge is -2.26. The Kier molecular flexibility index (Phi) is 9.73. The molecule has 0 aromatic rings. The highest BCUT2D eigenvalue weighted by atomic mass is 15.1. The summed E-state index contributed by atoms with van der Waals surface area (Å²) in [4.78, 5) is 2.25. The molecule has 0 aliphatic heterocycles. The van der Waals surface area contributed by atoms with Gasteiger partial charge in [0.05, 0.1) is 0 Å². The topological polar surface area (TPSA) is 3.24 Å². The smallest absolute Gasteiger partial charge is 0.0431 e. The zero-order chi connectivity index (χ0) is 18.0. The maximum absolute atomic E-state index is 3.91. The average Bonchev–Trinajstić information content (AvgIpc) is 2.55. The highest BCUT2D eigenvalue weighted by molar-refractivity contribution is 5.47. The molecule has 1 heteroatoms. The standard InChI is InChI=1S/C22H33N/c1-10-14-18(6)22(16-12-3)23(9)20(8)19(7)21(15-11-2)17(5)13-4/h10-16H,4H2,1-3,5-9H3/b14-10-,15-11-,16-12-,20-19+,21-17+,22-18+. The fourth-order valence-corrected chi connectivity index (χ4v) is 2.46. The molecule has 0 aromatic carbocycles. The summed E-state index contributed by atoms with van der Waals surface area (Å²) in [6, 6.07) is 0. The Morgan fingerprint density at radius 2 is 1.30 bits per heavy atom. The third-order valence-electron chi connectivity index (χ3n) is 4.02. The average molecular weight is 312 g/mol. The minimum absolute atomic E-state index is 1.19. The van der Waals surface area contributed by atoms with Gasteiger partial charge in [0.1, 0.15) is 0 Å². The van der Waals surface area contributed by atoms with Gasteiger partial charge >= 0.3 is 0 Å². The van der Waals surface area contributed by atoms with Crippen LogP contribution in [0.4, 0.5) is 0 Å². The van der Waals surface area contributed by atoms with Crippen LogP contribution in [0.1, 0.15) is 48.5 Å². The second-order valence-corrected chi connectivity index (χ2v) is 5.64. The van der Waals surface area contributed by atoms with Crippen molar-refractivity contribution in [3.8, 4) is 0 Å². The fourth-order valence-electron chi connectivity index (χ4n) is 2.46. The summed E-state index contributed by atoms with van der Waals surface area (Å²) < 4.78 is 0. The molecule has 0 radical (unpaired) electrons. The van der Waals surface area contributed by atoms with Crippen LogP contribution in [0.2, 0.25) is 0 Å². The molecule has 0 amide bonds. The first-order chi connectivity index (χ1) is 10.8. The predicted molar refractivity (Wildman–Crippen MR) is 106 cm³/mol. The lowest BCUT2D eigenvalue weighted by molar-refractivity contribution is 0.527. The number of rotatable bonds is 7. The summed E-state index contributed by atoms with van der Waals surface area (Å²) in [6.45, 7) is 18.6. The van der Waals surface area contributed by atoms with Crippen molar-refractivity contribution in [3.63, 3.8) is 0 Å². The van der Waals surface area contributed by atoms with Crippen LogP contribution in [0.3, 0.4) is 0 Å². The normalized spacial score (nSPS) is 15.8. The van der Waals surface area contributed by atoms with E-state index in [1.807, 2.05) is 19.9 Å². The predicted octanol–water partition coefficient (Wildman–Crippen LogP) is 6.72. The first-order valence-corrected chi connectivity index (χ1v) is 8.19. The molecule has 0 rings (SSSR count). The first kappa shape index (κ1) is 21.0. The second kappa shape index (κ2) is 10.7. The molecule has 0 aliphatic rings. The Bertz CT molecular complexity index is 589. The molecule has 0 spiro atoms. The van der Waals surface area contributed by atoms with Gasteiger partial charge in [-0.25, -0.2) is 0 Å². The number of allylic oxidation sites excluding steroid dienone is 12. The van der Waals surface area contributed by atoms with Gasteiger partial charge in [-0.15, -0.1) is 0 Å². The lowest BCUT2D eigenvalue weighted by Crippen LogP contribution is -2.17. The van der Waals surface area contributed by atoms with Crippen LogP contribution in [0, 0.1) is 0 Å². The first-order valence-electron chi connectivity index (χ1n) is 8.19. The minimum Gasteiger partial charge on any atom is -0.348 e. The Morgan fingerprint density at radius 1 is 0.783 bits per heavy atom. The Balaban J connectivity index is 6.18. The van der Waals surface area contributed by atoms with Crippen LogP contribution in [0.25, 0.3) is 0 Å². The molecule has 0 saturated carbocycles. The van der Waals surface area contributed by atoms with Gasteiger partial charge in [-0.1, -0.05) is 43.0 Å². The number of likely N-dealkylation sites (N-methyl/N-ethyl adjacent to an activating group) is 1. The summed E-state index contributed by atoms with van der Waals surface area (Å²) in [5, 5.41) is 0. The maximum Gasteiger partial charge on any atom is 0.0431 e. The van der Waals surface area contributed by atoms with E-state index in [4.69, 9.17) is 0 Å². The van der Waals surface area contributed by atoms with Gasteiger partial charge in [-0.05, 0) is 76.8 Å². The van der Waals surface area contributed by atoms with Gasteiger partial charge < -0.3 is 4.90 Å². The van der Waals surface area contributed by atoms with Crippen LogP contribution in [-0.4, -0.2) is 11.9 Å². The van der Waals surface area contributed by atoms with Gasteiger partial charge in [0.2, 0.25) is 0 Å². The molecular formula is C22H33N. The van der Waals surface area contributed by atoms with E-state index >= 15 is 0 Å². The van der Waals surface area contributed by atoms with E-state index in [1.165, 1.54) is 33.7 Å².